The Hall–Kier alpha value is -1.12. The molecular formula is C14H22N2O. The smallest absolute Gasteiger partial charge is 0.169 e. The first-order valence-electron chi connectivity index (χ1n) is 6.53. The zero-order valence-electron chi connectivity index (χ0n) is 11.2. The van der Waals surface area contributed by atoms with Gasteiger partial charge in [0.05, 0.1) is 11.3 Å². The molecule has 94 valence electrons. The van der Waals surface area contributed by atoms with Crippen molar-refractivity contribution in [3.8, 4) is 0 Å². The van der Waals surface area contributed by atoms with Gasteiger partial charge in [0.25, 0.3) is 0 Å². The van der Waals surface area contributed by atoms with Crippen LogP contribution in [0.2, 0.25) is 0 Å². The van der Waals surface area contributed by atoms with Crippen LogP contribution in [0.25, 0.3) is 0 Å². The average molecular weight is 234 g/mol. The van der Waals surface area contributed by atoms with Crippen molar-refractivity contribution in [2.75, 3.05) is 0 Å². The van der Waals surface area contributed by atoms with Gasteiger partial charge in [-0.3, -0.25) is 9.48 Å². The summed E-state index contributed by atoms with van der Waals surface area (Å²) in [5, 5.41) is 4.26. The van der Waals surface area contributed by atoms with E-state index in [2.05, 4.69) is 18.9 Å². The van der Waals surface area contributed by atoms with Crippen LogP contribution in [0.1, 0.15) is 49.2 Å². The highest BCUT2D eigenvalue weighted by Crippen LogP contribution is 2.35. The molecule has 17 heavy (non-hydrogen) atoms. The van der Waals surface area contributed by atoms with Crippen LogP contribution in [0.3, 0.4) is 0 Å². The Balaban J connectivity index is 2.13. The fraction of sp³-hybridized carbons (Fsp3) is 0.714. The van der Waals surface area contributed by atoms with Gasteiger partial charge in [-0.25, -0.2) is 0 Å². The topological polar surface area (TPSA) is 34.9 Å². The van der Waals surface area contributed by atoms with Crippen molar-refractivity contribution < 1.29 is 4.79 Å². The quantitative estimate of drug-likeness (QED) is 0.737. The molecule has 1 saturated carbocycles. The molecule has 1 fully saturated rings. The van der Waals surface area contributed by atoms with Gasteiger partial charge in [0.2, 0.25) is 0 Å². The third-order valence-corrected chi connectivity index (χ3v) is 4.25. The molecule has 1 aliphatic rings. The molecule has 3 nitrogen and oxygen atoms in total. The molecule has 0 aliphatic heterocycles. The summed E-state index contributed by atoms with van der Waals surface area (Å²) in [4.78, 5) is 12.4. The molecule has 0 spiro atoms. The van der Waals surface area contributed by atoms with Crippen molar-refractivity contribution in [2.45, 2.75) is 40.0 Å². The molecule has 3 atom stereocenters. The summed E-state index contributed by atoms with van der Waals surface area (Å²) in [6.45, 7) is 6.48. The van der Waals surface area contributed by atoms with E-state index in [9.17, 15) is 4.79 Å². The molecule has 0 saturated heterocycles. The van der Waals surface area contributed by atoms with Crippen LogP contribution in [0, 0.1) is 24.7 Å². The van der Waals surface area contributed by atoms with Crippen LogP contribution < -0.4 is 0 Å². The fourth-order valence-electron chi connectivity index (χ4n) is 2.85. The second-order valence-corrected chi connectivity index (χ2v) is 5.63. The number of hydrogen-bond donors (Lipinski definition) is 0. The average Bonchev–Trinajstić information content (AvgIpc) is 2.61. The summed E-state index contributed by atoms with van der Waals surface area (Å²) < 4.78 is 1.73. The van der Waals surface area contributed by atoms with E-state index < -0.39 is 0 Å². The minimum atomic E-state index is 0.212. The maximum absolute atomic E-state index is 12.4. The van der Waals surface area contributed by atoms with E-state index in [4.69, 9.17) is 0 Å². The van der Waals surface area contributed by atoms with Crippen LogP contribution in [0.5, 0.6) is 0 Å². The lowest BCUT2D eigenvalue weighted by Gasteiger charge is -2.31. The van der Waals surface area contributed by atoms with E-state index >= 15 is 0 Å². The Labute approximate surface area is 103 Å². The third kappa shape index (κ3) is 2.43. The number of nitrogens with zero attached hydrogens (tertiary/aromatic N) is 2. The summed E-state index contributed by atoms with van der Waals surface area (Å²) in [5.74, 6) is 1.93. The molecule has 0 radical (unpaired) electrons. The van der Waals surface area contributed by atoms with Gasteiger partial charge in [-0.2, -0.15) is 5.10 Å². The van der Waals surface area contributed by atoms with E-state index in [1.807, 2.05) is 20.2 Å². The van der Waals surface area contributed by atoms with Crippen LogP contribution in [-0.2, 0) is 7.05 Å². The molecule has 2 rings (SSSR count). The van der Waals surface area contributed by atoms with Gasteiger partial charge < -0.3 is 0 Å². The number of hydrogen-bond acceptors (Lipinski definition) is 2. The second-order valence-electron chi connectivity index (χ2n) is 5.63. The molecule has 0 amide bonds. The maximum atomic E-state index is 12.4. The highest BCUT2D eigenvalue weighted by Gasteiger charge is 2.30. The molecule has 1 aromatic heterocycles. The van der Waals surface area contributed by atoms with Gasteiger partial charge in [0.1, 0.15) is 0 Å². The van der Waals surface area contributed by atoms with Gasteiger partial charge in [0.15, 0.2) is 5.78 Å². The summed E-state index contributed by atoms with van der Waals surface area (Å²) in [6, 6.07) is 0. The molecule has 0 bridgehead atoms. The fourth-order valence-corrected chi connectivity index (χ4v) is 2.85. The number of Topliss-reactive ketones (excluding diaryl/α,β-unsaturated/α-hetero) is 1. The largest absolute Gasteiger partial charge is 0.294 e. The molecule has 1 heterocycles. The Morgan fingerprint density at radius 2 is 2.06 bits per heavy atom. The Morgan fingerprint density at radius 1 is 1.35 bits per heavy atom. The Morgan fingerprint density at radius 3 is 2.59 bits per heavy atom. The minimum absolute atomic E-state index is 0.212. The highest BCUT2D eigenvalue weighted by atomic mass is 16.1. The van der Waals surface area contributed by atoms with Crippen LogP contribution in [0.15, 0.2) is 6.20 Å². The van der Waals surface area contributed by atoms with Crippen molar-refractivity contribution in [3.05, 3.63) is 17.5 Å². The predicted octanol–water partition coefficient (Wildman–Crippen LogP) is 2.98. The first kappa shape index (κ1) is 12.3. The van der Waals surface area contributed by atoms with Gasteiger partial charge in [-0.1, -0.05) is 13.8 Å². The highest BCUT2D eigenvalue weighted by molar-refractivity contribution is 5.98. The monoisotopic (exact) mass is 234 g/mol. The lowest BCUT2D eigenvalue weighted by Crippen LogP contribution is -2.26. The lowest BCUT2D eigenvalue weighted by molar-refractivity contribution is 0.0837. The van der Waals surface area contributed by atoms with Crippen LogP contribution in [0.4, 0.5) is 0 Å². The lowest BCUT2D eigenvalue weighted by atomic mass is 9.73. The molecule has 0 N–H and O–H groups in total. The van der Waals surface area contributed by atoms with Crippen molar-refractivity contribution in [3.63, 3.8) is 0 Å². The number of aromatic nitrogens is 2. The van der Waals surface area contributed by atoms with Gasteiger partial charge in [-0.05, 0) is 38.0 Å². The van der Waals surface area contributed by atoms with E-state index in [1.54, 1.807) is 4.68 Å². The summed E-state index contributed by atoms with van der Waals surface area (Å²) >= 11 is 0. The molecule has 3 heteroatoms. The third-order valence-electron chi connectivity index (χ3n) is 4.25. The number of ketones is 1. The van der Waals surface area contributed by atoms with Gasteiger partial charge in [0, 0.05) is 19.2 Å². The van der Waals surface area contributed by atoms with Crippen LogP contribution in [-0.4, -0.2) is 15.6 Å². The Bertz CT molecular complexity index is 422. The summed E-state index contributed by atoms with van der Waals surface area (Å²) in [5.41, 5.74) is 1.68. The van der Waals surface area contributed by atoms with E-state index in [-0.39, 0.29) is 5.92 Å². The van der Waals surface area contributed by atoms with E-state index in [0.29, 0.717) is 11.7 Å². The van der Waals surface area contributed by atoms with Crippen molar-refractivity contribution in [1.29, 1.82) is 0 Å². The summed E-state index contributed by atoms with van der Waals surface area (Å²) in [7, 11) is 1.87. The standard InChI is InChI=1S/C14H22N2O/c1-9-5-6-12(7-10(9)2)14(17)13-8-16(4)15-11(13)3/h8-10,12H,5-7H2,1-4H3. The molecule has 1 aromatic rings. The van der Waals surface area contributed by atoms with Crippen molar-refractivity contribution >= 4 is 5.78 Å². The van der Waals surface area contributed by atoms with E-state index in [1.165, 1.54) is 6.42 Å². The first-order chi connectivity index (χ1) is 7.99. The van der Waals surface area contributed by atoms with Crippen LogP contribution >= 0.6 is 0 Å². The minimum Gasteiger partial charge on any atom is -0.294 e. The number of carbonyl (C=O) groups excluding carboxylic acids is 1. The first-order valence-corrected chi connectivity index (χ1v) is 6.53. The maximum Gasteiger partial charge on any atom is 0.169 e. The van der Waals surface area contributed by atoms with Gasteiger partial charge >= 0.3 is 0 Å². The van der Waals surface area contributed by atoms with Crippen molar-refractivity contribution in [1.82, 2.24) is 9.78 Å². The molecule has 0 aromatic carbocycles. The van der Waals surface area contributed by atoms with E-state index in [0.717, 1.165) is 30.0 Å². The van der Waals surface area contributed by atoms with Crippen molar-refractivity contribution in [2.24, 2.45) is 24.8 Å². The molecule has 1 aliphatic carbocycles. The SMILES string of the molecule is Cc1nn(C)cc1C(=O)C1CCC(C)C(C)C1. The zero-order chi connectivity index (χ0) is 12.6. The predicted molar refractivity (Wildman–Crippen MR) is 67.9 cm³/mol. The Kier molecular flexibility index (Phi) is 3.36. The zero-order valence-corrected chi connectivity index (χ0v) is 11.2. The van der Waals surface area contributed by atoms with Gasteiger partial charge in [-0.15, -0.1) is 0 Å². The second kappa shape index (κ2) is 4.63. The summed E-state index contributed by atoms with van der Waals surface area (Å²) in [6.07, 6.45) is 5.12. The molecule has 3 unspecified atom stereocenters. The number of carbonyl (C=O) groups is 1. The normalized spacial score (nSPS) is 29.3. The molecular weight excluding hydrogens is 212 g/mol. The number of rotatable bonds is 2. The number of aryl methyl sites for hydroxylation is 2.